The number of hydrogen-bond donors (Lipinski definition) is 3. The molecule has 0 aliphatic heterocycles. The predicted octanol–water partition coefficient (Wildman–Crippen LogP) is 2.63. The number of nitrogens with zero attached hydrogens (tertiary/aromatic N) is 2. The lowest BCUT2D eigenvalue weighted by Crippen LogP contribution is -2.33. The molecule has 0 atom stereocenters. The summed E-state index contributed by atoms with van der Waals surface area (Å²) in [4.78, 5) is 29.0. The number of aromatic nitrogens is 2. The van der Waals surface area contributed by atoms with Crippen LogP contribution in [-0.4, -0.2) is 32.4 Å². The predicted molar refractivity (Wildman–Crippen MR) is 123 cm³/mol. The summed E-state index contributed by atoms with van der Waals surface area (Å²) >= 11 is 0. The first-order valence-corrected chi connectivity index (χ1v) is 10.4. The number of aliphatic hydroxyl groups excluding tert-OH is 1. The standard InChI is InChI=1S/C25H22FN3O5/c1-29-19-10-16(12-27-22(19)23(31)21(25(29)33)24(32)28-14-30)9-17-7-8-18(26)11-20(17)34-13-15-5-3-2-4-6-15/h2-8,10-12,30-31H,9,13-14H2,1H3,(H,28,32). The molecule has 2 aromatic heterocycles. The maximum atomic E-state index is 13.9. The normalized spacial score (nSPS) is 10.9. The van der Waals surface area contributed by atoms with Crippen LogP contribution in [-0.2, 0) is 20.1 Å². The van der Waals surface area contributed by atoms with Crippen LogP contribution in [0.5, 0.6) is 11.5 Å². The molecule has 0 spiro atoms. The van der Waals surface area contributed by atoms with E-state index in [-0.39, 0.29) is 12.1 Å². The van der Waals surface area contributed by atoms with Gasteiger partial charge in [0.1, 0.15) is 36.0 Å². The Balaban J connectivity index is 1.68. The third kappa shape index (κ3) is 4.60. The number of amides is 1. The van der Waals surface area contributed by atoms with Crippen LogP contribution < -0.4 is 15.6 Å². The second-order valence-electron chi connectivity index (χ2n) is 7.67. The number of pyridine rings is 2. The smallest absolute Gasteiger partial charge is 0.267 e. The zero-order chi connectivity index (χ0) is 24.2. The van der Waals surface area contributed by atoms with Gasteiger partial charge >= 0.3 is 0 Å². The van der Waals surface area contributed by atoms with Gasteiger partial charge in [0.2, 0.25) is 0 Å². The molecule has 174 valence electrons. The van der Waals surface area contributed by atoms with Crippen LogP contribution in [0.1, 0.15) is 27.0 Å². The highest BCUT2D eigenvalue weighted by Crippen LogP contribution is 2.28. The Hall–Kier alpha value is -4.24. The van der Waals surface area contributed by atoms with Gasteiger partial charge in [-0.1, -0.05) is 36.4 Å². The highest BCUT2D eigenvalue weighted by molar-refractivity contribution is 6.01. The summed E-state index contributed by atoms with van der Waals surface area (Å²) in [5.41, 5.74) is 1.49. The fourth-order valence-corrected chi connectivity index (χ4v) is 3.66. The molecule has 0 aliphatic carbocycles. The summed E-state index contributed by atoms with van der Waals surface area (Å²) in [6.45, 7) is -0.410. The number of aryl methyl sites for hydroxylation is 1. The van der Waals surface area contributed by atoms with E-state index in [9.17, 15) is 19.1 Å². The highest BCUT2D eigenvalue weighted by atomic mass is 19.1. The SMILES string of the molecule is Cn1c(=O)c(C(=O)NCO)c(O)c2ncc(Cc3ccc(F)cc3OCc3ccccc3)cc21. The summed E-state index contributed by atoms with van der Waals surface area (Å²) in [6, 6.07) is 15.5. The van der Waals surface area contributed by atoms with Crippen LogP contribution >= 0.6 is 0 Å². The average Bonchev–Trinajstić information content (AvgIpc) is 2.83. The lowest BCUT2D eigenvalue weighted by atomic mass is 10.0. The molecule has 9 heteroatoms. The van der Waals surface area contributed by atoms with Gasteiger partial charge in [0.15, 0.2) is 5.75 Å². The van der Waals surface area contributed by atoms with Crippen molar-refractivity contribution in [3.63, 3.8) is 0 Å². The number of nitrogens with one attached hydrogen (secondary N) is 1. The van der Waals surface area contributed by atoms with Gasteiger partial charge in [-0.25, -0.2) is 4.39 Å². The van der Waals surface area contributed by atoms with Crippen LogP contribution in [0.4, 0.5) is 4.39 Å². The molecule has 0 radical (unpaired) electrons. The quantitative estimate of drug-likeness (QED) is 0.363. The van der Waals surface area contributed by atoms with Gasteiger partial charge in [0.25, 0.3) is 11.5 Å². The number of aliphatic hydroxyl groups is 1. The molecule has 0 bridgehead atoms. The van der Waals surface area contributed by atoms with Gasteiger partial charge in [-0.05, 0) is 28.8 Å². The summed E-state index contributed by atoms with van der Waals surface area (Å²) in [5, 5.41) is 21.5. The van der Waals surface area contributed by atoms with E-state index in [1.54, 1.807) is 12.1 Å². The minimum absolute atomic E-state index is 0.0635. The highest BCUT2D eigenvalue weighted by Gasteiger charge is 2.22. The van der Waals surface area contributed by atoms with Crippen molar-refractivity contribution in [2.45, 2.75) is 13.0 Å². The van der Waals surface area contributed by atoms with Crippen molar-refractivity contribution in [1.82, 2.24) is 14.9 Å². The van der Waals surface area contributed by atoms with E-state index in [2.05, 4.69) is 10.3 Å². The van der Waals surface area contributed by atoms with Gasteiger partial charge in [0, 0.05) is 25.7 Å². The van der Waals surface area contributed by atoms with E-state index in [0.717, 1.165) is 5.56 Å². The van der Waals surface area contributed by atoms with Crippen LogP contribution in [0.2, 0.25) is 0 Å². The van der Waals surface area contributed by atoms with E-state index in [0.29, 0.717) is 28.8 Å². The number of rotatable bonds is 7. The molecule has 0 fully saturated rings. The summed E-state index contributed by atoms with van der Waals surface area (Å²) in [5.74, 6) is -1.51. The van der Waals surface area contributed by atoms with Gasteiger partial charge in [-0.2, -0.15) is 0 Å². The van der Waals surface area contributed by atoms with Crippen LogP contribution in [0.25, 0.3) is 11.0 Å². The number of halogens is 1. The van der Waals surface area contributed by atoms with E-state index in [1.807, 2.05) is 30.3 Å². The summed E-state index contributed by atoms with van der Waals surface area (Å²) in [7, 11) is 1.46. The van der Waals surface area contributed by atoms with Crippen molar-refractivity contribution >= 4 is 16.9 Å². The van der Waals surface area contributed by atoms with Crippen molar-refractivity contribution in [3.05, 3.63) is 99.2 Å². The minimum Gasteiger partial charge on any atom is -0.505 e. The van der Waals surface area contributed by atoms with Crippen molar-refractivity contribution in [3.8, 4) is 11.5 Å². The maximum Gasteiger partial charge on any atom is 0.267 e. The third-order valence-electron chi connectivity index (χ3n) is 5.39. The molecule has 0 aliphatic rings. The van der Waals surface area contributed by atoms with E-state index < -0.39 is 35.3 Å². The number of carbonyl (C=O) groups excluding carboxylic acids is 1. The topological polar surface area (TPSA) is 114 Å². The number of fused-ring (bicyclic) bond motifs is 1. The Morgan fingerprint density at radius 1 is 1.15 bits per heavy atom. The first kappa shape index (κ1) is 22.9. The number of benzene rings is 2. The first-order valence-electron chi connectivity index (χ1n) is 10.4. The zero-order valence-corrected chi connectivity index (χ0v) is 18.3. The summed E-state index contributed by atoms with van der Waals surface area (Å²) in [6.07, 6.45) is 1.83. The van der Waals surface area contributed by atoms with Crippen molar-refractivity contribution < 1.29 is 24.1 Å². The van der Waals surface area contributed by atoms with Crippen LogP contribution in [0.15, 0.2) is 65.6 Å². The van der Waals surface area contributed by atoms with E-state index >= 15 is 0 Å². The molecule has 0 unspecified atom stereocenters. The monoisotopic (exact) mass is 463 g/mol. The molecule has 1 amide bonds. The molecule has 2 heterocycles. The van der Waals surface area contributed by atoms with Gasteiger partial charge in [-0.15, -0.1) is 0 Å². The fraction of sp³-hybridized carbons (Fsp3) is 0.160. The van der Waals surface area contributed by atoms with Crippen molar-refractivity contribution in [2.75, 3.05) is 6.73 Å². The summed E-state index contributed by atoms with van der Waals surface area (Å²) < 4.78 is 21.0. The average molecular weight is 463 g/mol. The zero-order valence-electron chi connectivity index (χ0n) is 18.3. The number of carbonyl (C=O) groups is 1. The largest absolute Gasteiger partial charge is 0.505 e. The Kier molecular flexibility index (Phi) is 6.55. The number of hydrogen-bond acceptors (Lipinski definition) is 6. The molecule has 34 heavy (non-hydrogen) atoms. The first-order chi connectivity index (χ1) is 16.4. The minimum atomic E-state index is -0.903. The second-order valence-corrected chi connectivity index (χ2v) is 7.67. The molecule has 0 saturated carbocycles. The molecular formula is C25H22FN3O5. The maximum absolute atomic E-state index is 13.9. The fourth-order valence-electron chi connectivity index (χ4n) is 3.66. The lowest BCUT2D eigenvalue weighted by molar-refractivity contribution is 0.0905. The van der Waals surface area contributed by atoms with Crippen molar-refractivity contribution in [2.24, 2.45) is 7.05 Å². The van der Waals surface area contributed by atoms with Crippen LogP contribution in [0.3, 0.4) is 0 Å². The van der Waals surface area contributed by atoms with E-state index in [4.69, 9.17) is 9.84 Å². The molecular weight excluding hydrogens is 441 g/mol. The number of aromatic hydroxyl groups is 1. The third-order valence-corrected chi connectivity index (χ3v) is 5.39. The van der Waals surface area contributed by atoms with Gasteiger partial charge in [0.05, 0.1) is 5.52 Å². The Morgan fingerprint density at radius 2 is 1.91 bits per heavy atom. The van der Waals surface area contributed by atoms with Crippen molar-refractivity contribution in [1.29, 1.82) is 0 Å². The Labute approximate surface area is 193 Å². The Bertz CT molecular complexity index is 1420. The molecule has 3 N–H and O–H groups in total. The van der Waals surface area contributed by atoms with Gasteiger partial charge < -0.3 is 24.8 Å². The Morgan fingerprint density at radius 3 is 2.65 bits per heavy atom. The number of ether oxygens (including phenoxy) is 1. The van der Waals surface area contributed by atoms with Crippen LogP contribution in [0, 0.1) is 5.82 Å². The lowest BCUT2D eigenvalue weighted by Gasteiger charge is -2.14. The molecule has 8 nitrogen and oxygen atoms in total. The molecule has 0 saturated heterocycles. The van der Waals surface area contributed by atoms with E-state index in [1.165, 1.54) is 29.9 Å². The van der Waals surface area contributed by atoms with Gasteiger partial charge in [-0.3, -0.25) is 14.6 Å². The second kappa shape index (κ2) is 9.72. The molecule has 2 aromatic carbocycles. The molecule has 4 aromatic rings. The molecule has 4 rings (SSSR count).